The minimum Gasteiger partial charge on any atom is -1.00 e. The van der Waals surface area contributed by atoms with Gasteiger partial charge in [-0.25, -0.2) is 4.79 Å². The monoisotopic (exact) mass is 374 g/mol. The van der Waals surface area contributed by atoms with Crippen molar-refractivity contribution in [3.63, 3.8) is 0 Å². The minimum absolute atomic E-state index is 0. The zero-order valence-electron chi connectivity index (χ0n) is 15.8. The normalized spacial score (nSPS) is 11.0. The van der Waals surface area contributed by atoms with Gasteiger partial charge in [0.05, 0.1) is 6.42 Å². The summed E-state index contributed by atoms with van der Waals surface area (Å²) in [7, 11) is 0. The first-order valence-electron chi connectivity index (χ1n) is 8.21. The van der Waals surface area contributed by atoms with Gasteiger partial charge in [0.1, 0.15) is 0 Å². The topological polar surface area (TPSA) is 74.6 Å². The molecule has 0 atom stereocenters. The number of carboxylic acid groups (broad SMARTS) is 2. The molecule has 0 rings (SSSR count). The van der Waals surface area contributed by atoms with E-state index in [9.17, 15) is 14.7 Å². The number of hydrogen-bond acceptors (Lipinski definition) is 4. The summed E-state index contributed by atoms with van der Waals surface area (Å²) in [5.74, 6) is -0.622. The molecule has 0 fully saturated rings. The molecule has 0 unspecified atom stereocenters. The molecule has 0 spiro atoms. The van der Waals surface area contributed by atoms with Crippen LogP contribution >= 0.6 is 23.5 Å². The van der Waals surface area contributed by atoms with Gasteiger partial charge < -0.3 is 11.6 Å². The van der Waals surface area contributed by atoms with E-state index in [0.717, 1.165) is 51.4 Å². The van der Waals surface area contributed by atoms with Gasteiger partial charge in [-0.05, 0) is 24.3 Å². The first kappa shape index (κ1) is 25.9. The molecule has 7 heteroatoms. The Morgan fingerprint density at radius 3 is 1.61 bits per heavy atom. The van der Waals surface area contributed by atoms with E-state index < -0.39 is 16.0 Å². The van der Waals surface area contributed by atoms with Gasteiger partial charge in [0, 0.05) is 0 Å². The maximum Gasteiger partial charge on any atom is 1.00 e. The third-order valence-electron chi connectivity index (χ3n) is 3.38. The molecule has 0 radical (unpaired) electrons. The number of rotatable bonds is 15. The van der Waals surface area contributed by atoms with Gasteiger partial charge in [0.25, 0.3) is 0 Å². The first-order chi connectivity index (χ1) is 10.5. The van der Waals surface area contributed by atoms with Crippen molar-refractivity contribution in [1.82, 2.24) is 0 Å². The molecular weight excluding hydrogens is 343 g/mol. The van der Waals surface area contributed by atoms with E-state index in [0.29, 0.717) is 11.5 Å². The van der Waals surface area contributed by atoms with E-state index in [1.165, 1.54) is 23.5 Å². The Morgan fingerprint density at radius 2 is 1.30 bits per heavy atom. The smallest absolute Gasteiger partial charge is 1.00 e. The molecule has 4 nitrogen and oxygen atoms in total. The second-order valence-corrected chi connectivity index (χ2v) is 8.49. The van der Waals surface area contributed by atoms with Crippen molar-refractivity contribution in [2.75, 3.05) is 11.5 Å². The molecular formula is C16H31NaO4S2. The second kappa shape index (κ2) is 16.1. The predicted octanol–water partition coefficient (Wildman–Crippen LogP) is 1.99. The number of hydrogen-bond donors (Lipinski definition) is 2. The zero-order valence-corrected chi connectivity index (χ0v) is 18.4. The summed E-state index contributed by atoms with van der Waals surface area (Å²) in [5.41, 5.74) is 0. The van der Waals surface area contributed by atoms with Crippen LogP contribution in [0.1, 0.15) is 73.1 Å². The summed E-state index contributed by atoms with van der Waals surface area (Å²) in [6.07, 6.45) is 8.28. The Balaban J connectivity index is -0.00000220. The molecule has 0 saturated carbocycles. The molecule has 0 aromatic rings. The fourth-order valence-corrected chi connectivity index (χ4v) is 4.96. The van der Waals surface area contributed by atoms with Crippen molar-refractivity contribution in [2.45, 2.75) is 75.7 Å². The van der Waals surface area contributed by atoms with Crippen LogP contribution in [-0.4, -0.2) is 37.7 Å². The van der Waals surface area contributed by atoms with Gasteiger partial charge in [-0.3, -0.25) is 4.79 Å². The molecule has 0 aliphatic heterocycles. The molecule has 0 aliphatic rings. The molecule has 0 aliphatic carbocycles. The molecule has 0 aromatic carbocycles. The Bertz CT molecular complexity index is 319. The molecule has 2 N–H and O–H groups in total. The van der Waals surface area contributed by atoms with Crippen molar-refractivity contribution in [1.29, 1.82) is 0 Å². The largest absolute Gasteiger partial charge is 1.00 e. The van der Waals surface area contributed by atoms with E-state index in [4.69, 9.17) is 5.11 Å². The molecule has 0 saturated heterocycles. The standard InChI is InChI=1S/C16H30O4S2.Na.H/c1-3-5-7-9-11-21-16(15(19)20,13-14(17)18)22-12-10-8-6-4-2;;/h3-13H2,1-2H3,(H,17,18)(H,19,20);;/q;+1;-1. The van der Waals surface area contributed by atoms with Crippen molar-refractivity contribution >= 4 is 35.5 Å². The summed E-state index contributed by atoms with van der Waals surface area (Å²) in [5, 5.41) is 18.7. The summed E-state index contributed by atoms with van der Waals surface area (Å²) in [6, 6.07) is 0. The van der Waals surface area contributed by atoms with Crippen LogP contribution in [0.15, 0.2) is 0 Å². The van der Waals surface area contributed by atoms with Crippen molar-refractivity contribution in [3.05, 3.63) is 0 Å². The molecule has 0 aromatic heterocycles. The second-order valence-electron chi connectivity index (χ2n) is 5.45. The van der Waals surface area contributed by atoms with Crippen molar-refractivity contribution in [2.24, 2.45) is 0 Å². The van der Waals surface area contributed by atoms with Crippen molar-refractivity contribution in [3.8, 4) is 0 Å². The van der Waals surface area contributed by atoms with Crippen LogP contribution in [0.5, 0.6) is 0 Å². The van der Waals surface area contributed by atoms with E-state index in [-0.39, 0.29) is 37.4 Å². The van der Waals surface area contributed by atoms with Crippen LogP contribution in [0.25, 0.3) is 0 Å². The fraction of sp³-hybridized carbons (Fsp3) is 0.875. The van der Waals surface area contributed by atoms with Gasteiger partial charge in [-0.1, -0.05) is 52.4 Å². The van der Waals surface area contributed by atoms with Crippen LogP contribution < -0.4 is 29.6 Å². The Kier molecular flexibility index (Phi) is 18.1. The fourth-order valence-electron chi connectivity index (χ4n) is 2.07. The van der Waals surface area contributed by atoms with Gasteiger partial charge in [-0.2, -0.15) is 0 Å². The number of carbonyl (C=O) groups is 2. The first-order valence-corrected chi connectivity index (χ1v) is 10.2. The van der Waals surface area contributed by atoms with E-state index in [2.05, 4.69) is 13.8 Å². The Morgan fingerprint density at radius 1 is 0.870 bits per heavy atom. The molecule has 0 amide bonds. The van der Waals surface area contributed by atoms with E-state index >= 15 is 0 Å². The predicted molar refractivity (Wildman–Crippen MR) is 96.9 cm³/mol. The molecule has 0 heterocycles. The number of thioether (sulfide) groups is 2. The maximum atomic E-state index is 11.7. The number of aliphatic carboxylic acids is 2. The third kappa shape index (κ3) is 12.6. The summed E-state index contributed by atoms with van der Waals surface area (Å²) in [6.45, 7) is 4.26. The van der Waals surface area contributed by atoms with E-state index in [1.807, 2.05) is 0 Å². The van der Waals surface area contributed by atoms with Gasteiger partial charge in [0.15, 0.2) is 4.08 Å². The third-order valence-corrected chi connectivity index (χ3v) is 6.64. The number of unbranched alkanes of at least 4 members (excludes halogenated alkanes) is 6. The van der Waals surface area contributed by atoms with Crippen LogP contribution in [0.3, 0.4) is 0 Å². The Hall–Kier alpha value is 0.640. The minimum atomic E-state index is -1.23. The van der Waals surface area contributed by atoms with Crippen LogP contribution in [0, 0.1) is 0 Å². The average Bonchev–Trinajstić information content (AvgIpc) is 2.45. The van der Waals surface area contributed by atoms with Gasteiger partial charge in [-0.15, -0.1) is 23.5 Å². The van der Waals surface area contributed by atoms with Crippen LogP contribution in [0.2, 0.25) is 0 Å². The quantitative estimate of drug-likeness (QED) is 0.259. The molecule has 132 valence electrons. The van der Waals surface area contributed by atoms with Crippen LogP contribution in [0.4, 0.5) is 0 Å². The summed E-state index contributed by atoms with van der Waals surface area (Å²) >= 11 is 2.60. The summed E-state index contributed by atoms with van der Waals surface area (Å²) < 4.78 is -1.23. The average molecular weight is 375 g/mol. The van der Waals surface area contributed by atoms with Gasteiger partial charge >= 0.3 is 41.5 Å². The van der Waals surface area contributed by atoms with Crippen LogP contribution in [-0.2, 0) is 9.59 Å². The number of carboxylic acids is 2. The van der Waals surface area contributed by atoms with Crippen molar-refractivity contribution < 1.29 is 50.8 Å². The SMILES string of the molecule is CCCCCCSC(CC(=O)O)(SCCCCCC)C(=O)O.[H-].[Na+]. The van der Waals surface area contributed by atoms with Gasteiger partial charge in [0.2, 0.25) is 0 Å². The maximum absolute atomic E-state index is 11.7. The Labute approximate surface area is 172 Å². The zero-order chi connectivity index (χ0) is 16.8. The molecule has 23 heavy (non-hydrogen) atoms. The molecule has 0 bridgehead atoms. The summed E-state index contributed by atoms with van der Waals surface area (Å²) in [4.78, 5) is 22.8. The van der Waals surface area contributed by atoms with E-state index in [1.54, 1.807) is 0 Å².